The molecule has 2 amide bonds. The first-order valence-electron chi connectivity index (χ1n) is 10.2. The zero-order chi connectivity index (χ0) is 23.1. The number of hydrogen-bond acceptors (Lipinski definition) is 6. The van der Waals surface area contributed by atoms with E-state index in [0.29, 0.717) is 25.3 Å². The molecule has 32 heavy (non-hydrogen) atoms. The van der Waals surface area contributed by atoms with Crippen LogP contribution in [0.25, 0.3) is 0 Å². The van der Waals surface area contributed by atoms with Crippen LogP contribution >= 0.6 is 0 Å². The molecule has 2 atom stereocenters. The number of nitrogens with two attached hydrogens (primary N) is 1. The van der Waals surface area contributed by atoms with Gasteiger partial charge in [0.15, 0.2) is 11.6 Å². The predicted octanol–water partition coefficient (Wildman–Crippen LogP) is 2.57. The maximum atomic E-state index is 13.1. The van der Waals surface area contributed by atoms with E-state index in [2.05, 4.69) is 10.3 Å². The van der Waals surface area contributed by atoms with Gasteiger partial charge in [-0.1, -0.05) is 12.1 Å². The number of primary amides is 1. The summed E-state index contributed by atoms with van der Waals surface area (Å²) < 4.78 is 41.4. The number of nitrogens with one attached hydrogen (secondary N) is 1. The molecule has 2 unspecified atom stereocenters. The van der Waals surface area contributed by atoms with Gasteiger partial charge in [0.25, 0.3) is 11.8 Å². The molecule has 3 heterocycles. The molecule has 0 saturated carbocycles. The van der Waals surface area contributed by atoms with Crippen molar-refractivity contribution in [1.29, 1.82) is 0 Å². The Morgan fingerprint density at radius 2 is 2.03 bits per heavy atom. The number of benzene rings is 1. The van der Waals surface area contributed by atoms with Crippen molar-refractivity contribution >= 4 is 17.5 Å². The summed E-state index contributed by atoms with van der Waals surface area (Å²) in [6.07, 6.45) is 2.72. The third kappa shape index (κ3) is 6.52. The zero-order valence-corrected chi connectivity index (χ0v) is 17.6. The number of halogens is 2. The summed E-state index contributed by atoms with van der Waals surface area (Å²) >= 11 is 0. The number of carbonyl (C=O) groups excluding carboxylic acids is 2. The van der Waals surface area contributed by atoms with E-state index in [1.54, 1.807) is 6.07 Å². The highest BCUT2D eigenvalue weighted by Gasteiger charge is 2.28. The lowest BCUT2D eigenvalue weighted by molar-refractivity contribution is -0.135. The number of aromatic nitrogens is 1. The Bertz CT molecular complexity index is 955. The van der Waals surface area contributed by atoms with Gasteiger partial charge in [-0.05, 0) is 38.0 Å². The van der Waals surface area contributed by atoms with Crippen LogP contribution in [0.5, 0.6) is 0 Å². The van der Waals surface area contributed by atoms with Crippen LogP contribution < -0.4 is 11.1 Å². The summed E-state index contributed by atoms with van der Waals surface area (Å²) in [5.74, 6) is -2.50. The predicted molar refractivity (Wildman–Crippen MR) is 111 cm³/mol. The number of rotatable bonds is 6. The number of pyridine rings is 1. The zero-order valence-electron chi connectivity index (χ0n) is 17.6. The molecule has 172 valence electrons. The maximum absolute atomic E-state index is 13.1. The van der Waals surface area contributed by atoms with Gasteiger partial charge in [0.1, 0.15) is 17.9 Å². The summed E-state index contributed by atoms with van der Waals surface area (Å²) in [5.41, 5.74) is 5.97. The summed E-state index contributed by atoms with van der Waals surface area (Å²) in [7, 11) is 0. The van der Waals surface area contributed by atoms with Crippen molar-refractivity contribution in [3.8, 4) is 0 Å². The molecule has 10 heteroatoms. The van der Waals surface area contributed by atoms with Gasteiger partial charge in [0.05, 0.1) is 25.9 Å². The highest BCUT2D eigenvalue weighted by Crippen LogP contribution is 2.20. The Morgan fingerprint density at radius 1 is 1.25 bits per heavy atom. The van der Waals surface area contributed by atoms with Gasteiger partial charge < -0.3 is 25.3 Å². The van der Waals surface area contributed by atoms with Crippen LogP contribution in [0.1, 0.15) is 35.8 Å². The summed E-state index contributed by atoms with van der Waals surface area (Å²) in [5, 5.41) is 2.69. The van der Waals surface area contributed by atoms with Gasteiger partial charge in [0, 0.05) is 17.4 Å². The molecular weight excluding hydrogens is 424 g/mol. The second kappa shape index (κ2) is 11.1. The lowest BCUT2D eigenvalue weighted by Crippen LogP contribution is -2.35. The van der Waals surface area contributed by atoms with Crippen molar-refractivity contribution in [3.63, 3.8) is 0 Å². The number of hydrogen-bond donors (Lipinski definition) is 2. The Morgan fingerprint density at radius 3 is 2.66 bits per heavy atom. The first-order chi connectivity index (χ1) is 15.3. The second-order valence-corrected chi connectivity index (χ2v) is 7.48. The minimum atomic E-state index is -0.837. The topological polar surface area (TPSA) is 113 Å². The number of anilines is 1. The van der Waals surface area contributed by atoms with Gasteiger partial charge in [0.2, 0.25) is 0 Å². The third-order valence-electron chi connectivity index (χ3n) is 4.92. The van der Waals surface area contributed by atoms with Crippen molar-refractivity contribution in [2.45, 2.75) is 44.7 Å². The molecule has 3 N–H and O–H groups in total. The molecule has 2 aliphatic heterocycles. The van der Waals surface area contributed by atoms with E-state index in [0.717, 1.165) is 12.5 Å². The van der Waals surface area contributed by atoms with Crippen molar-refractivity contribution < 1.29 is 32.6 Å². The monoisotopic (exact) mass is 449 g/mol. The third-order valence-corrected chi connectivity index (χ3v) is 4.92. The Kier molecular flexibility index (Phi) is 8.20. The van der Waals surface area contributed by atoms with Gasteiger partial charge in [-0.25, -0.2) is 8.78 Å². The van der Waals surface area contributed by atoms with Gasteiger partial charge in [-0.3, -0.25) is 14.6 Å². The van der Waals surface area contributed by atoms with Gasteiger partial charge in [-0.15, -0.1) is 0 Å². The molecule has 2 aromatic rings. The molecule has 0 spiro atoms. The summed E-state index contributed by atoms with van der Waals surface area (Å²) in [4.78, 5) is 26.6. The van der Waals surface area contributed by atoms with E-state index in [1.165, 1.54) is 24.4 Å². The first kappa shape index (κ1) is 23.7. The summed E-state index contributed by atoms with van der Waals surface area (Å²) in [6.45, 7) is 3.11. The molecule has 0 aliphatic carbocycles. The minimum absolute atomic E-state index is 0.0256. The van der Waals surface area contributed by atoms with Gasteiger partial charge in [-0.2, -0.15) is 0 Å². The minimum Gasteiger partial charge on any atom is -0.376 e. The highest BCUT2D eigenvalue weighted by molar-refractivity contribution is 5.96. The molecule has 2 aliphatic rings. The van der Waals surface area contributed by atoms with Crippen LogP contribution in [0.3, 0.4) is 0 Å². The van der Waals surface area contributed by atoms with E-state index < -0.39 is 23.6 Å². The standard InChI is InChI=1S/C12H15N3O3.C10H10F2O2/c1-7-2-3-10(18-7)12(17)15-8-4-5-14-9(6-8)11(13)16;11-9-3-1-2-7(10(9)12)4-14-8-5-13-6-8/h4-7,10H,2-3H2,1H3,(H2,13,16)(H,14,15,17);1-3,8H,4-6H2. The molecule has 1 aromatic heterocycles. The number of amides is 2. The lowest BCUT2D eigenvalue weighted by atomic mass is 10.2. The van der Waals surface area contributed by atoms with Crippen LogP contribution in [0.15, 0.2) is 36.5 Å². The molecule has 4 rings (SSSR count). The van der Waals surface area contributed by atoms with E-state index >= 15 is 0 Å². The van der Waals surface area contributed by atoms with Crippen molar-refractivity contribution in [3.05, 3.63) is 59.4 Å². The second-order valence-electron chi connectivity index (χ2n) is 7.48. The van der Waals surface area contributed by atoms with Crippen LogP contribution in [0.2, 0.25) is 0 Å². The maximum Gasteiger partial charge on any atom is 0.267 e. The molecular formula is C22H25F2N3O5. The average Bonchev–Trinajstić information content (AvgIpc) is 3.17. The SMILES string of the molecule is CC1CCC(C(=O)Nc2ccnc(C(N)=O)c2)O1.Fc1cccc(COC2COC2)c1F. The van der Waals surface area contributed by atoms with Crippen LogP contribution in [-0.4, -0.2) is 48.3 Å². The van der Waals surface area contributed by atoms with Crippen molar-refractivity contribution in [1.82, 2.24) is 4.98 Å². The first-order valence-corrected chi connectivity index (χ1v) is 10.2. The van der Waals surface area contributed by atoms with E-state index in [-0.39, 0.29) is 36.0 Å². The molecule has 1 aromatic carbocycles. The van der Waals surface area contributed by atoms with E-state index in [4.69, 9.17) is 19.9 Å². The molecule has 0 bridgehead atoms. The number of nitrogens with zero attached hydrogens (tertiary/aromatic N) is 1. The summed E-state index contributed by atoms with van der Waals surface area (Å²) in [6, 6.07) is 7.11. The van der Waals surface area contributed by atoms with Crippen LogP contribution in [0, 0.1) is 11.6 Å². The Balaban J connectivity index is 0.000000186. The van der Waals surface area contributed by atoms with E-state index in [9.17, 15) is 18.4 Å². The normalized spacial score (nSPS) is 20.1. The highest BCUT2D eigenvalue weighted by atomic mass is 19.2. The lowest BCUT2D eigenvalue weighted by Gasteiger charge is -2.26. The van der Waals surface area contributed by atoms with E-state index in [1.807, 2.05) is 6.92 Å². The fourth-order valence-electron chi connectivity index (χ4n) is 3.04. The van der Waals surface area contributed by atoms with Crippen LogP contribution in [-0.2, 0) is 25.6 Å². The van der Waals surface area contributed by atoms with Crippen LogP contribution in [0.4, 0.5) is 14.5 Å². The average molecular weight is 449 g/mol. The number of carbonyl (C=O) groups is 2. The largest absolute Gasteiger partial charge is 0.376 e. The molecule has 0 radical (unpaired) electrons. The number of ether oxygens (including phenoxy) is 3. The quantitative estimate of drug-likeness (QED) is 0.701. The van der Waals surface area contributed by atoms with Gasteiger partial charge >= 0.3 is 0 Å². The molecule has 2 saturated heterocycles. The molecule has 8 nitrogen and oxygen atoms in total. The van der Waals surface area contributed by atoms with Crippen molar-refractivity contribution in [2.75, 3.05) is 18.5 Å². The smallest absolute Gasteiger partial charge is 0.267 e. The van der Waals surface area contributed by atoms with Crippen molar-refractivity contribution in [2.24, 2.45) is 5.73 Å². The Labute approximate surface area is 184 Å². The fourth-order valence-corrected chi connectivity index (χ4v) is 3.04. The fraction of sp³-hybridized carbons (Fsp3) is 0.409. The molecule has 2 fully saturated rings. The Hall–Kier alpha value is -2.95.